The second-order valence-corrected chi connectivity index (χ2v) is 6.95. The lowest BCUT2D eigenvalue weighted by Crippen LogP contribution is -2.49. The van der Waals surface area contributed by atoms with Crippen molar-refractivity contribution < 1.29 is 9.53 Å². The Hall–Kier alpha value is -2.04. The van der Waals surface area contributed by atoms with Crippen LogP contribution in [0.15, 0.2) is 54.6 Å². The molecule has 1 amide bonds. The Morgan fingerprint density at radius 1 is 1.00 bits per heavy atom. The van der Waals surface area contributed by atoms with Crippen LogP contribution in [0.1, 0.15) is 12.0 Å². The Balaban J connectivity index is 1.34. The molecule has 1 saturated heterocycles. The number of ether oxygens (including phenoxy) is 1. The van der Waals surface area contributed by atoms with Gasteiger partial charge in [0, 0.05) is 37.7 Å². The smallest absolute Gasteiger partial charge is 0.226 e. The topological polar surface area (TPSA) is 32.8 Å². The minimum absolute atomic E-state index is 0.176. The number of amides is 1. The van der Waals surface area contributed by atoms with Crippen molar-refractivity contribution in [1.82, 2.24) is 9.80 Å². The number of nitrogens with zero attached hydrogens (tertiary/aromatic N) is 2. The van der Waals surface area contributed by atoms with Gasteiger partial charge in [-0.3, -0.25) is 9.69 Å². The van der Waals surface area contributed by atoms with Gasteiger partial charge < -0.3 is 9.64 Å². The Labute approximate surface area is 160 Å². The maximum atomic E-state index is 12.3. The fraction of sp³-hybridized carbons (Fsp3) is 0.381. The van der Waals surface area contributed by atoms with Gasteiger partial charge in [0.1, 0.15) is 5.75 Å². The molecule has 0 aromatic heterocycles. The van der Waals surface area contributed by atoms with Crippen molar-refractivity contribution >= 4 is 17.5 Å². The molecule has 0 bridgehead atoms. The average molecular weight is 373 g/mol. The van der Waals surface area contributed by atoms with Gasteiger partial charge in [-0.2, -0.15) is 0 Å². The first-order valence-corrected chi connectivity index (χ1v) is 9.51. The highest BCUT2D eigenvalue weighted by Crippen LogP contribution is 2.13. The lowest BCUT2D eigenvalue weighted by molar-refractivity contribution is -0.133. The highest BCUT2D eigenvalue weighted by molar-refractivity contribution is 6.30. The van der Waals surface area contributed by atoms with Crippen LogP contribution in [0.2, 0.25) is 5.02 Å². The molecule has 1 aliphatic heterocycles. The molecule has 0 spiro atoms. The third kappa shape index (κ3) is 5.75. The first-order valence-electron chi connectivity index (χ1n) is 9.13. The summed E-state index contributed by atoms with van der Waals surface area (Å²) in [5.74, 6) is 0.988. The molecule has 1 heterocycles. The second kappa shape index (κ2) is 9.60. The Morgan fingerprint density at radius 3 is 2.50 bits per heavy atom. The largest absolute Gasteiger partial charge is 0.493 e. The highest BCUT2D eigenvalue weighted by atomic mass is 35.5. The van der Waals surface area contributed by atoms with Crippen LogP contribution in [-0.2, 0) is 11.2 Å². The van der Waals surface area contributed by atoms with E-state index in [1.165, 1.54) is 5.56 Å². The van der Waals surface area contributed by atoms with Gasteiger partial charge in [-0.25, -0.2) is 0 Å². The minimum atomic E-state index is 0.176. The summed E-state index contributed by atoms with van der Waals surface area (Å²) < 4.78 is 5.62. The molecule has 1 fully saturated rings. The number of hydrogen-bond donors (Lipinski definition) is 0. The lowest BCUT2D eigenvalue weighted by atomic mass is 10.1. The first kappa shape index (κ1) is 18.7. The zero-order valence-corrected chi connectivity index (χ0v) is 15.7. The third-order valence-electron chi connectivity index (χ3n) is 4.66. The van der Waals surface area contributed by atoms with E-state index in [1.807, 2.05) is 53.4 Å². The summed E-state index contributed by atoms with van der Waals surface area (Å²) in [6.07, 6.45) is 1.41. The number of carbonyl (C=O) groups is 1. The molecule has 2 aromatic carbocycles. The summed E-state index contributed by atoms with van der Waals surface area (Å²) in [5.41, 5.74) is 1.26. The predicted octanol–water partition coefficient (Wildman–Crippen LogP) is 3.50. The van der Waals surface area contributed by atoms with E-state index < -0.39 is 0 Å². The summed E-state index contributed by atoms with van der Waals surface area (Å²) in [7, 11) is 0. The summed E-state index contributed by atoms with van der Waals surface area (Å²) in [4.78, 5) is 16.7. The van der Waals surface area contributed by atoms with Crippen LogP contribution in [-0.4, -0.2) is 55.0 Å². The van der Waals surface area contributed by atoms with Crippen molar-refractivity contribution in [3.8, 4) is 5.75 Å². The monoisotopic (exact) mass is 372 g/mol. The normalized spacial score (nSPS) is 15.0. The molecule has 0 unspecified atom stereocenters. The van der Waals surface area contributed by atoms with Crippen LogP contribution in [0, 0.1) is 0 Å². The molecule has 5 heteroatoms. The zero-order valence-electron chi connectivity index (χ0n) is 14.9. The Morgan fingerprint density at radius 2 is 1.77 bits per heavy atom. The van der Waals surface area contributed by atoms with Gasteiger partial charge in [0.25, 0.3) is 0 Å². The molecule has 4 nitrogen and oxygen atoms in total. The maximum Gasteiger partial charge on any atom is 0.226 e. The second-order valence-electron chi connectivity index (χ2n) is 6.51. The molecule has 26 heavy (non-hydrogen) atoms. The van der Waals surface area contributed by atoms with E-state index in [9.17, 15) is 4.79 Å². The van der Waals surface area contributed by atoms with E-state index in [0.717, 1.165) is 49.9 Å². The molecular weight excluding hydrogens is 348 g/mol. The van der Waals surface area contributed by atoms with Gasteiger partial charge in [0.05, 0.1) is 13.0 Å². The van der Waals surface area contributed by atoms with Gasteiger partial charge in [-0.1, -0.05) is 41.9 Å². The summed E-state index contributed by atoms with van der Waals surface area (Å²) in [6, 6.07) is 17.6. The van der Waals surface area contributed by atoms with Crippen LogP contribution in [0.3, 0.4) is 0 Å². The maximum absolute atomic E-state index is 12.3. The standard InChI is InChI=1S/C21H25ClN2O2/c22-19-6-4-5-18(17-19)9-11-23-12-14-24(15-13-23)21(25)10-16-26-20-7-2-1-3-8-20/h1-8,17H,9-16H2. The molecule has 3 rings (SSSR count). The van der Waals surface area contributed by atoms with E-state index in [-0.39, 0.29) is 5.91 Å². The van der Waals surface area contributed by atoms with Crippen LogP contribution in [0.25, 0.3) is 0 Å². The number of halogens is 1. The molecule has 2 aromatic rings. The minimum Gasteiger partial charge on any atom is -0.493 e. The molecule has 1 aliphatic rings. The predicted molar refractivity (Wildman–Crippen MR) is 105 cm³/mol. The highest BCUT2D eigenvalue weighted by Gasteiger charge is 2.20. The number of para-hydroxylation sites is 1. The molecule has 0 aliphatic carbocycles. The summed E-state index contributed by atoms with van der Waals surface area (Å²) in [5, 5.41) is 0.788. The van der Waals surface area contributed by atoms with E-state index in [2.05, 4.69) is 11.0 Å². The Bertz CT molecular complexity index is 700. The quantitative estimate of drug-likeness (QED) is 0.745. The molecule has 0 radical (unpaired) electrons. The van der Waals surface area contributed by atoms with Gasteiger partial charge in [-0.15, -0.1) is 0 Å². The molecule has 0 saturated carbocycles. The van der Waals surface area contributed by atoms with Gasteiger partial charge in [0.2, 0.25) is 5.91 Å². The first-order chi connectivity index (χ1) is 12.7. The van der Waals surface area contributed by atoms with E-state index >= 15 is 0 Å². The van der Waals surface area contributed by atoms with E-state index in [0.29, 0.717) is 13.0 Å². The summed E-state index contributed by atoms with van der Waals surface area (Å²) >= 11 is 6.03. The van der Waals surface area contributed by atoms with E-state index in [4.69, 9.17) is 16.3 Å². The van der Waals surface area contributed by atoms with Crippen molar-refractivity contribution in [3.63, 3.8) is 0 Å². The van der Waals surface area contributed by atoms with E-state index in [1.54, 1.807) is 0 Å². The van der Waals surface area contributed by atoms with Crippen LogP contribution >= 0.6 is 11.6 Å². The molecule has 0 N–H and O–H groups in total. The van der Waals surface area contributed by atoms with Gasteiger partial charge >= 0.3 is 0 Å². The lowest BCUT2D eigenvalue weighted by Gasteiger charge is -2.34. The number of carbonyl (C=O) groups excluding carboxylic acids is 1. The average Bonchev–Trinajstić information content (AvgIpc) is 2.68. The third-order valence-corrected chi connectivity index (χ3v) is 4.89. The number of hydrogen-bond acceptors (Lipinski definition) is 3. The van der Waals surface area contributed by atoms with Gasteiger partial charge in [-0.05, 0) is 36.2 Å². The zero-order chi connectivity index (χ0) is 18.2. The fourth-order valence-electron chi connectivity index (χ4n) is 3.13. The summed E-state index contributed by atoms with van der Waals surface area (Å²) in [6.45, 7) is 4.86. The van der Waals surface area contributed by atoms with Crippen molar-refractivity contribution in [2.24, 2.45) is 0 Å². The van der Waals surface area contributed by atoms with Crippen molar-refractivity contribution in [1.29, 1.82) is 0 Å². The SMILES string of the molecule is O=C(CCOc1ccccc1)N1CCN(CCc2cccc(Cl)c2)CC1. The fourth-order valence-corrected chi connectivity index (χ4v) is 3.34. The van der Waals surface area contributed by atoms with Crippen molar-refractivity contribution in [3.05, 3.63) is 65.2 Å². The van der Waals surface area contributed by atoms with Gasteiger partial charge in [0.15, 0.2) is 0 Å². The molecular formula is C21H25ClN2O2. The van der Waals surface area contributed by atoms with Crippen LogP contribution in [0.5, 0.6) is 5.75 Å². The van der Waals surface area contributed by atoms with Crippen LogP contribution < -0.4 is 4.74 Å². The number of rotatable bonds is 7. The van der Waals surface area contributed by atoms with Crippen LogP contribution in [0.4, 0.5) is 0 Å². The van der Waals surface area contributed by atoms with Crippen molar-refractivity contribution in [2.75, 3.05) is 39.3 Å². The Kier molecular flexibility index (Phi) is 6.92. The van der Waals surface area contributed by atoms with Crippen molar-refractivity contribution in [2.45, 2.75) is 12.8 Å². The molecule has 138 valence electrons. The molecule has 0 atom stereocenters. The number of benzene rings is 2. The number of piperazine rings is 1.